The summed E-state index contributed by atoms with van der Waals surface area (Å²) >= 11 is 12.3. The Balaban J connectivity index is 1.32. The molecule has 1 aromatic carbocycles. The van der Waals surface area contributed by atoms with Gasteiger partial charge in [-0.1, -0.05) is 23.2 Å². The van der Waals surface area contributed by atoms with Gasteiger partial charge in [-0.2, -0.15) is 5.10 Å². The van der Waals surface area contributed by atoms with Crippen LogP contribution in [0, 0.1) is 0 Å². The van der Waals surface area contributed by atoms with Crippen molar-refractivity contribution in [3.63, 3.8) is 0 Å². The van der Waals surface area contributed by atoms with Crippen LogP contribution in [0.2, 0.25) is 10.0 Å². The lowest BCUT2D eigenvalue weighted by Gasteiger charge is -2.29. The predicted octanol–water partition coefficient (Wildman–Crippen LogP) is 4.77. The third kappa shape index (κ3) is 3.70. The van der Waals surface area contributed by atoms with E-state index in [1.807, 2.05) is 6.20 Å². The minimum atomic E-state index is 0.337. The molecular weight excluding hydrogens is 447 g/mol. The summed E-state index contributed by atoms with van der Waals surface area (Å²) in [4.78, 5) is 20.0. The first kappa shape index (κ1) is 20.2. The second-order valence-electron chi connectivity index (χ2n) is 8.89. The van der Waals surface area contributed by atoms with Crippen LogP contribution in [0.5, 0.6) is 0 Å². The molecule has 2 N–H and O–H groups in total. The van der Waals surface area contributed by atoms with Crippen molar-refractivity contribution in [3.8, 4) is 0 Å². The average Bonchev–Trinajstić information content (AvgIpc) is 3.48. The smallest absolute Gasteiger partial charge is 0.179 e. The number of nitrogens with one attached hydrogen (secondary N) is 2. The van der Waals surface area contributed by atoms with Crippen molar-refractivity contribution in [2.24, 2.45) is 0 Å². The van der Waals surface area contributed by atoms with Gasteiger partial charge in [-0.3, -0.25) is 0 Å². The zero-order valence-electron chi connectivity index (χ0n) is 17.8. The maximum Gasteiger partial charge on any atom is 0.179 e. The molecule has 4 aromatic rings. The van der Waals surface area contributed by atoms with Crippen molar-refractivity contribution in [2.75, 3.05) is 25.5 Å². The van der Waals surface area contributed by atoms with E-state index in [0.717, 1.165) is 65.5 Å². The minimum Gasteiger partial charge on any atom is -0.360 e. The molecule has 1 saturated heterocycles. The molecule has 0 amide bonds. The summed E-state index contributed by atoms with van der Waals surface area (Å²) in [5.74, 6) is 2.08. The van der Waals surface area contributed by atoms with Crippen LogP contribution in [0.4, 0.5) is 5.82 Å². The number of likely N-dealkylation sites (tertiary alicyclic amines) is 1. The van der Waals surface area contributed by atoms with Crippen LogP contribution < -0.4 is 5.32 Å². The first-order valence-corrected chi connectivity index (χ1v) is 11.8. The molecule has 8 nitrogen and oxygen atoms in total. The Hall–Kier alpha value is -2.42. The van der Waals surface area contributed by atoms with Crippen molar-refractivity contribution in [1.29, 1.82) is 0 Å². The Morgan fingerprint density at radius 2 is 1.88 bits per heavy atom. The SMILES string of the molecule is CN1CCC(n2nc(NCc3nc4cc(Cl)c(Cl)cc4[nH]3)c3ncc(C4CC4)nc32)CC1. The highest BCUT2D eigenvalue weighted by atomic mass is 35.5. The van der Waals surface area contributed by atoms with E-state index < -0.39 is 0 Å². The van der Waals surface area contributed by atoms with Crippen molar-refractivity contribution < 1.29 is 0 Å². The summed E-state index contributed by atoms with van der Waals surface area (Å²) in [5, 5.41) is 9.36. The predicted molar refractivity (Wildman–Crippen MR) is 127 cm³/mol. The summed E-state index contributed by atoms with van der Waals surface area (Å²) in [6, 6.07) is 3.91. The molecule has 0 atom stereocenters. The highest BCUT2D eigenvalue weighted by Gasteiger charge is 2.28. The highest BCUT2D eigenvalue weighted by Crippen LogP contribution is 2.40. The lowest BCUT2D eigenvalue weighted by atomic mass is 10.1. The van der Waals surface area contributed by atoms with Crippen LogP contribution in [-0.4, -0.2) is 54.8 Å². The first-order valence-electron chi connectivity index (χ1n) is 11.1. The van der Waals surface area contributed by atoms with E-state index in [0.29, 0.717) is 28.5 Å². The van der Waals surface area contributed by atoms with E-state index in [1.165, 1.54) is 12.8 Å². The number of aromatic amines is 1. The monoisotopic (exact) mass is 470 g/mol. The molecule has 10 heteroatoms. The fourth-order valence-electron chi connectivity index (χ4n) is 4.42. The lowest BCUT2D eigenvalue weighted by Crippen LogP contribution is -2.32. The fourth-order valence-corrected chi connectivity index (χ4v) is 4.74. The summed E-state index contributed by atoms with van der Waals surface area (Å²) in [7, 11) is 2.17. The van der Waals surface area contributed by atoms with E-state index in [2.05, 4.69) is 31.9 Å². The standard InChI is InChI=1S/C22H24Cl2N8/c1-31-6-4-13(5-7-31)32-22-20(25-10-18(29-22)12-2-3-12)21(30-32)26-11-19-27-16-8-14(23)15(24)9-17(16)28-19/h8-10,12-13H,2-7,11H2,1H3,(H,26,30)(H,27,28). The molecule has 4 heterocycles. The number of aromatic nitrogens is 6. The second-order valence-corrected chi connectivity index (χ2v) is 9.70. The molecule has 32 heavy (non-hydrogen) atoms. The van der Waals surface area contributed by atoms with Gasteiger partial charge >= 0.3 is 0 Å². The Morgan fingerprint density at radius 3 is 2.66 bits per heavy atom. The van der Waals surface area contributed by atoms with Crippen LogP contribution in [0.25, 0.3) is 22.2 Å². The number of hydrogen-bond donors (Lipinski definition) is 2. The lowest BCUT2D eigenvalue weighted by molar-refractivity contribution is 0.215. The van der Waals surface area contributed by atoms with Crippen molar-refractivity contribution >= 4 is 51.2 Å². The number of hydrogen-bond acceptors (Lipinski definition) is 6. The molecule has 2 fully saturated rings. The Morgan fingerprint density at radius 1 is 1.09 bits per heavy atom. The minimum absolute atomic E-state index is 0.337. The van der Waals surface area contributed by atoms with E-state index >= 15 is 0 Å². The van der Waals surface area contributed by atoms with E-state index in [4.69, 9.17) is 38.3 Å². The van der Waals surface area contributed by atoms with Gasteiger partial charge in [0, 0.05) is 12.1 Å². The molecule has 3 aromatic heterocycles. The third-order valence-corrected chi connectivity index (χ3v) is 7.17. The van der Waals surface area contributed by atoms with Gasteiger partial charge in [0.05, 0.1) is 39.4 Å². The van der Waals surface area contributed by atoms with Gasteiger partial charge in [0.2, 0.25) is 0 Å². The average molecular weight is 471 g/mol. The van der Waals surface area contributed by atoms with Crippen LogP contribution in [0.3, 0.4) is 0 Å². The van der Waals surface area contributed by atoms with Crippen LogP contribution >= 0.6 is 23.2 Å². The van der Waals surface area contributed by atoms with Gasteiger partial charge in [0.1, 0.15) is 5.82 Å². The summed E-state index contributed by atoms with van der Waals surface area (Å²) in [6.07, 6.45) is 6.44. The number of H-pyrrole nitrogens is 1. The zero-order chi connectivity index (χ0) is 21.8. The molecular formula is C22H24Cl2N8. The summed E-state index contributed by atoms with van der Waals surface area (Å²) in [5.41, 5.74) is 4.42. The normalized spacial score (nSPS) is 18.1. The number of fused-ring (bicyclic) bond motifs is 2. The third-order valence-electron chi connectivity index (χ3n) is 6.45. The molecule has 1 aliphatic heterocycles. The van der Waals surface area contributed by atoms with E-state index in [-0.39, 0.29) is 0 Å². The maximum absolute atomic E-state index is 6.13. The molecule has 0 bridgehead atoms. The second kappa shape index (κ2) is 7.86. The van der Waals surface area contributed by atoms with Gasteiger partial charge in [-0.15, -0.1) is 0 Å². The highest BCUT2D eigenvalue weighted by molar-refractivity contribution is 6.42. The molecule has 6 rings (SSSR count). The topological polar surface area (TPSA) is 87.5 Å². The van der Waals surface area contributed by atoms with Crippen LogP contribution in [-0.2, 0) is 6.54 Å². The van der Waals surface area contributed by atoms with E-state index in [9.17, 15) is 0 Å². The fraction of sp³-hybridized carbons (Fsp3) is 0.455. The van der Waals surface area contributed by atoms with Gasteiger partial charge in [0.25, 0.3) is 0 Å². The number of benzene rings is 1. The number of imidazole rings is 1. The molecule has 2 aliphatic rings. The molecule has 166 valence electrons. The number of anilines is 1. The largest absolute Gasteiger partial charge is 0.360 e. The van der Waals surface area contributed by atoms with Crippen molar-refractivity contribution in [3.05, 3.63) is 39.9 Å². The molecule has 1 aliphatic carbocycles. The maximum atomic E-state index is 6.13. The quantitative estimate of drug-likeness (QED) is 0.436. The zero-order valence-corrected chi connectivity index (χ0v) is 19.3. The van der Waals surface area contributed by atoms with Gasteiger partial charge in [-0.05, 0) is 58.0 Å². The molecule has 0 unspecified atom stereocenters. The van der Waals surface area contributed by atoms with Crippen molar-refractivity contribution in [1.82, 2.24) is 34.6 Å². The number of halogens is 2. The van der Waals surface area contributed by atoms with Gasteiger partial charge in [0.15, 0.2) is 17.0 Å². The van der Waals surface area contributed by atoms with Crippen molar-refractivity contribution in [2.45, 2.75) is 44.2 Å². The summed E-state index contributed by atoms with van der Waals surface area (Å²) < 4.78 is 2.10. The number of rotatable bonds is 5. The van der Waals surface area contributed by atoms with Gasteiger partial charge < -0.3 is 15.2 Å². The first-order chi connectivity index (χ1) is 15.5. The Bertz CT molecular complexity index is 1260. The van der Waals surface area contributed by atoms with E-state index in [1.54, 1.807) is 12.1 Å². The van der Waals surface area contributed by atoms with Crippen LogP contribution in [0.15, 0.2) is 18.3 Å². The van der Waals surface area contributed by atoms with Crippen LogP contribution in [0.1, 0.15) is 49.2 Å². The number of piperidine rings is 1. The number of nitrogens with zero attached hydrogens (tertiary/aromatic N) is 6. The Labute approximate surface area is 195 Å². The van der Waals surface area contributed by atoms with Gasteiger partial charge in [-0.25, -0.2) is 19.6 Å². The summed E-state index contributed by atoms with van der Waals surface area (Å²) in [6.45, 7) is 2.61. The molecule has 0 radical (unpaired) electrons. The molecule has 1 saturated carbocycles. The molecule has 0 spiro atoms. The Kier molecular flexibility index (Phi) is 4.97.